The molecule has 0 radical (unpaired) electrons. The van der Waals surface area contributed by atoms with Crippen molar-refractivity contribution < 1.29 is 28.7 Å². The van der Waals surface area contributed by atoms with Crippen LogP contribution in [0.4, 0.5) is 15.3 Å². The first-order valence-electron chi connectivity index (χ1n) is 12.9. The van der Waals surface area contributed by atoms with Gasteiger partial charge in [0.05, 0.1) is 28.6 Å². The maximum atomic E-state index is 13.2. The van der Waals surface area contributed by atoms with Crippen LogP contribution in [0.1, 0.15) is 51.2 Å². The SMILES string of the molecule is CC(C)(C)OC(=O)NCCCC[C@H](NC(=O)[C@H](Cc1ccccc1)NS)C(=O)Nc1ccc(COC(=O)I)cc1. The van der Waals surface area contributed by atoms with Crippen molar-refractivity contribution in [3.63, 3.8) is 0 Å². The summed E-state index contributed by atoms with van der Waals surface area (Å²) in [6.45, 7) is 5.87. The summed E-state index contributed by atoms with van der Waals surface area (Å²) in [6.07, 6.45) is 1.39. The van der Waals surface area contributed by atoms with E-state index in [0.717, 1.165) is 11.1 Å². The maximum Gasteiger partial charge on any atom is 0.407 e. The second-order valence-corrected chi connectivity index (χ2v) is 11.2. The molecule has 0 unspecified atom stereocenters. The normalized spacial score (nSPS) is 12.5. The monoisotopic (exact) mass is 684 g/mol. The minimum Gasteiger partial charge on any atom is -0.453 e. The largest absolute Gasteiger partial charge is 0.453 e. The molecule has 218 valence electrons. The van der Waals surface area contributed by atoms with Crippen molar-refractivity contribution in [1.82, 2.24) is 15.4 Å². The second-order valence-electron chi connectivity index (χ2n) is 10.1. The van der Waals surface area contributed by atoms with Gasteiger partial charge in [-0.2, -0.15) is 0 Å². The predicted molar refractivity (Wildman–Crippen MR) is 165 cm³/mol. The summed E-state index contributed by atoms with van der Waals surface area (Å²) >= 11 is 5.69. The Morgan fingerprint density at radius 1 is 0.900 bits per heavy atom. The Labute approximate surface area is 254 Å². The van der Waals surface area contributed by atoms with Crippen LogP contribution in [0.2, 0.25) is 0 Å². The summed E-state index contributed by atoms with van der Waals surface area (Å²) < 4.78 is 12.5. The number of hydrogen-bond acceptors (Lipinski definition) is 8. The van der Waals surface area contributed by atoms with Gasteiger partial charge in [-0.25, -0.2) is 9.59 Å². The number of unbranched alkanes of at least 4 members (excludes halogenated alkanes) is 1. The van der Waals surface area contributed by atoms with Crippen molar-refractivity contribution in [1.29, 1.82) is 0 Å². The predicted octanol–water partition coefficient (Wildman–Crippen LogP) is 4.92. The fraction of sp³-hybridized carbons (Fsp3) is 0.429. The molecule has 0 fully saturated rings. The first kappa shape index (κ1) is 33.4. The number of carbonyl (C=O) groups excluding carboxylic acids is 4. The summed E-state index contributed by atoms with van der Waals surface area (Å²) in [5.74, 6) is -0.737. The number of carbonyl (C=O) groups is 4. The van der Waals surface area contributed by atoms with E-state index in [0.29, 0.717) is 37.9 Å². The van der Waals surface area contributed by atoms with E-state index in [1.165, 1.54) is 0 Å². The third-order valence-corrected chi connectivity index (χ3v) is 6.17. The summed E-state index contributed by atoms with van der Waals surface area (Å²) in [5.41, 5.74) is 1.67. The molecule has 2 rings (SSSR count). The average molecular weight is 685 g/mol. The van der Waals surface area contributed by atoms with Crippen molar-refractivity contribution >= 4 is 63.0 Å². The van der Waals surface area contributed by atoms with Crippen LogP contribution in [0.5, 0.6) is 0 Å². The van der Waals surface area contributed by atoms with Crippen LogP contribution >= 0.6 is 35.4 Å². The van der Waals surface area contributed by atoms with Crippen LogP contribution in [0.3, 0.4) is 0 Å². The van der Waals surface area contributed by atoms with Crippen molar-refractivity contribution in [3.05, 3.63) is 65.7 Å². The molecule has 0 spiro atoms. The number of thiol groups is 1. The number of alkyl carbamates (subject to hydrolysis) is 1. The number of rotatable bonds is 14. The summed E-state index contributed by atoms with van der Waals surface area (Å²) in [7, 11) is 0. The number of amides is 3. The zero-order chi connectivity index (χ0) is 29.5. The Morgan fingerprint density at radius 3 is 2.17 bits per heavy atom. The Hall–Kier alpha value is -2.84. The number of nitrogens with one attached hydrogen (secondary N) is 4. The van der Waals surface area contributed by atoms with Crippen molar-refractivity contribution in [2.75, 3.05) is 11.9 Å². The molecule has 4 N–H and O–H groups in total. The zero-order valence-corrected chi connectivity index (χ0v) is 25.9. The van der Waals surface area contributed by atoms with Gasteiger partial charge in [-0.1, -0.05) is 55.3 Å². The summed E-state index contributed by atoms with van der Waals surface area (Å²) in [4.78, 5) is 49.2. The van der Waals surface area contributed by atoms with Gasteiger partial charge in [-0.15, -0.1) is 0 Å². The molecule has 0 saturated carbocycles. The molecule has 0 aliphatic rings. The van der Waals surface area contributed by atoms with E-state index >= 15 is 0 Å². The van der Waals surface area contributed by atoms with E-state index in [1.807, 2.05) is 30.3 Å². The smallest absolute Gasteiger partial charge is 0.407 e. The number of halogens is 1. The molecule has 0 heterocycles. The highest BCUT2D eigenvalue weighted by Gasteiger charge is 2.25. The molecular weight excluding hydrogens is 647 g/mol. The molecular formula is C28H37IN4O6S. The van der Waals surface area contributed by atoms with Crippen LogP contribution < -0.4 is 20.7 Å². The first-order valence-corrected chi connectivity index (χ1v) is 14.4. The van der Waals surface area contributed by atoms with Gasteiger partial charge in [-0.05, 0) is 69.7 Å². The van der Waals surface area contributed by atoms with Crippen LogP contribution in [0, 0.1) is 0 Å². The second kappa shape index (κ2) is 17.1. The Bertz CT molecular complexity index is 1110. The van der Waals surface area contributed by atoms with Gasteiger partial charge in [0.2, 0.25) is 11.8 Å². The third-order valence-electron chi connectivity index (χ3n) is 5.55. The molecule has 2 aromatic rings. The zero-order valence-electron chi connectivity index (χ0n) is 22.9. The maximum absolute atomic E-state index is 13.2. The molecule has 40 heavy (non-hydrogen) atoms. The van der Waals surface area contributed by atoms with E-state index in [-0.39, 0.29) is 18.4 Å². The lowest BCUT2D eigenvalue weighted by Crippen LogP contribution is -2.50. The van der Waals surface area contributed by atoms with Gasteiger partial charge in [0.1, 0.15) is 18.2 Å². The Morgan fingerprint density at radius 2 is 1.57 bits per heavy atom. The summed E-state index contributed by atoms with van der Waals surface area (Å²) in [5, 5.41) is 8.39. The first-order chi connectivity index (χ1) is 19.0. The van der Waals surface area contributed by atoms with Gasteiger partial charge < -0.3 is 25.4 Å². The van der Waals surface area contributed by atoms with E-state index < -0.39 is 27.8 Å². The molecule has 3 amide bonds. The highest BCUT2D eigenvalue weighted by atomic mass is 127. The number of ether oxygens (including phenoxy) is 2. The highest BCUT2D eigenvalue weighted by molar-refractivity contribution is 14.1. The topological polar surface area (TPSA) is 135 Å². The van der Waals surface area contributed by atoms with Crippen molar-refractivity contribution in [2.45, 2.75) is 70.7 Å². The number of anilines is 1. The molecule has 0 aromatic heterocycles. The quantitative estimate of drug-likeness (QED) is 0.0826. The molecule has 2 atom stereocenters. The van der Waals surface area contributed by atoms with Crippen LogP contribution in [-0.4, -0.2) is 46.1 Å². The Kier molecular flexibility index (Phi) is 14.2. The number of benzene rings is 2. The molecule has 10 nitrogen and oxygen atoms in total. The Balaban J connectivity index is 2.01. The lowest BCUT2D eigenvalue weighted by Gasteiger charge is -2.22. The molecule has 12 heteroatoms. The van der Waals surface area contributed by atoms with Crippen LogP contribution in [0.25, 0.3) is 0 Å². The van der Waals surface area contributed by atoms with E-state index in [1.54, 1.807) is 67.6 Å². The van der Waals surface area contributed by atoms with E-state index in [4.69, 9.17) is 9.47 Å². The van der Waals surface area contributed by atoms with Gasteiger partial charge >= 0.3 is 10.1 Å². The highest BCUT2D eigenvalue weighted by Crippen LogP contribution is 2.14. The molecule has 0 bridgehead atoms. The van der Waals surface area contributed by atoms with Gasteiger partial charge in [0, 0.05) is 12.2 Å². The van der Waals surface area contributed by atoms with Crippen molar-refractivity contribution in [2.24, 2.45) is 0 Å². The van der Waals surface area contributed by atoms with E-state index in [9.17, 15) is 19.2 Å². The summed E-state index contributed by atoms with van der Waals surface area (Å²) in [6, 6.07) is 14.9. The lowest BCUT2D eigenvalue weighted by atomic mass is 10.0. The fourth-order valence-electron chi connectivity index (χ4n) is 3.62. The van der Waals surface area contributed by atoms with Gasteiger partial charge in [0.15, 0.2) is 0 Å². The molecule has 0 aliphatic heterocycles. The average Bonchev–Trinajstić information content (AvgIpc) is 2.89. The van der Waals surface area contributed by atoms with Gasteiger partial charge in [0.25, 0.3) is 0 Å². The van der Waals surface area contributed by atoms with Crippen molar-refractivity contribution in [3.8, 4) is 0 Å². The lowest BCUT2D eigenvalue weighted by molar-refractivity contribution is -0.127. The van der Waals surface area contributed by atoms with Gasteiger partial charge in [-0.3, -0.25) is 14.3 Å². The molecule has 2 aromatic carbocycles. The molecule has 0 aliphatic carbocycles. The number of hydrogen-bond donors (Lipinski definition) is 5. The molecule has 0 saturated heterocycles. The van der Waals surface area contributed by atoms with E-state index in [2.05, 4.69) is 33.5 Å². The van der Waals surface area contributed by atoms with Crippen LogP contribution in [-0.2, 0) is 32.1 Å². The minimum atomic E-state index is -0.825. The standard InChI is InChI=1S/C28H37IN4O6S/c1-28(2,3)39-27(37)30-16-8-7-11-22(32-25(35)23(33-40)17-19-9-5-4-6-10-19)24(34)31-21-14-12-20(13-15-21)18-38-26(29)36/h4-6,9-10,12-15,22-23,33,40H,7-8,11,16-18H2,1-3H3,(H,30,37)(H,31,34)(H,32,35)/t22-,23-/m0/s1. The minimum absolute atomic E-state index is 0.130. The fourth-order valence-corrected chi connectivity index (χ4v) is 3.98. The third kappa shape index (κ3) is 13.5. The van der Waals surface area contributed by atoms with Crippen LogP contribution in [0.15, 0.2) is 54.6 Å².